The molecule has 1 heterocycles. The number of aryl methyl sites for hydroxylation is 1. The normalized spacial score (nSPS) is 14.5. The number of benzene rings is 3. The third-order valence-corrected chi connectivity index (χ3v) is 6.60. The van der Waals surface area contributed by atoms with Gasteiger partial charge in [-0.25, -0.2) is 0 Å². The van der Waals surface area contributed by atoms with Crippen molar-refractivity contribution in [2.24, 2.45) is 0 Å². The maximum atomic E-state index is 12.7. The first-order chi connectivity index (χ1) is 16.4. The zero-order valence-electron chi connectivity index (χ0n) is 18.3. The van der Waals surface area contributed by atoms with Gasteiger partial charge in [-0.15, -0.1) is 0 Å². The van der Waals surface area contributed by atoms with Gasteiger partial charge in [0.2, 0.25) is 5.91 Å². The van der Waals surface area contributed by atoms with Gasteiger partial charge in [-0.05, 0) is 100 Å². The summed E-state index contributed by atoms with van der Waals surface area (Å²) in [5.41, 5.74) is 3.45. The summed E-state index contributed by atoms with van der Waals surface area (Å²) in [5, 5.41) is 2.26. The molecule has 0 saturated carbocycles. The standard InChI is InChI=1S/C26H21IN2O4S/c1-17-3-2-4-21(13-17)28-24(30)15-29-25(31)23(34-26(29)32)14-18-7-11-22(12-8-18)33-16-19-5-9-20(27)10-6-19/h2-14H,15-16H2,1H3,(H,28,30)/b23-14-. The smallest absolute Gasteiger partial charge is 0.294 e. The molecule has 3 aromatic carbocycles. The Hall–Kier alpha value is -3.11. The molecule has 1 N–H and O–H groups in total. The molecule has 1 aliphatic heterocycles. The molecule has 0 atom stereocenters. The highest BCUT2D eigenvalue weighted by atomic mass is 127. The van der Waals surface area contributed by atoms with Crippen LogP contribution in [0.1, 0.15) is 16.7 Å². The second kappa shape index (κ2) is 10.9. The minimum atomic E-state index is -0.478. The van der Waals surface area contributed by atoms with Gasteiger partial charge in [0.1, 0.15) is 18.9 Å². The Morgan fingerprint density at radius 3 is 2.50 bits per heavy atom. The van der Waals surface area contributed by atoms with Gasteiger partial charge in [0.05, 0.1) is 4.91 Å². The molecule has 0 aromatic heterocycles. The fourth-order valence-electron chi connectivity index (χ4n) is 3.26. The Labute approximate surface area is 215 Å². The molecule has 1 fully saturated rings. The fraction of sp³-hybridized carbons (Fsp3) is 0.115. The van der Waals surface area contributed by atoms with Crippen LogP contribution in [0.2, 0.25) is 0 Å². The number of ether oxygens (including phenoxy) is 1. The van der Waals surface area contributed by atoms with Crippen LogP contribution in [0.15, 0.2) is 77.7 Å². The number of rotatable bonds is 7. The van der Waals surface area contributed by atoms with E-state index in [1.165, 1.54) is 3.57 Å². The van der Waals surface area contributed by atoms with Crippen LogP contribution < -0.4 is 10.1 Å². The quantitative estimate of drug-likeness (QED) is 0.279. The maximum absolute atomic E-state index is 12.7. The summed E-state index contributed by atoms with van der Waals surface area (Å²) < 4.78 is 6.98. The lowest BCUT2D eigenvalue weighted by atomic mass is 10.2. The third-order valence-electron chi connectivity index (χ3n) is 4.97. The highest BCUT2D eigenvalue weighted by Crippen LogP contribution is 2.32. The highest BCUT2D eigenvalue weighted by Gasteiger charge is 2.36. The summed E-state index contributed by atoms with van der Waals surface area (Å²) in [5.74, 6) is -0.200. The van der Waals surface area contributed by atoms with E-state index < -0.39 is 17.1 Å². The summed E-state index contributed by atoms with van der Waals surface area (Å²) in [6.07, 6.45) is 1.65. The first-order valence-electron chi connectivity index (χ1n) is 10.5. The van der Waals surface area contributed by atoms with Gasteiger partial charge in [0.15, 0.2) is 0 Å². The van der Waals surface area contributed by atoms with Crippen molar-refractivity contribution in [2.45, 2.75) is 13.5 Å². The van der Waals surface area contributed by atoms with Crippen LogP contribution in [0.4, 0.5) is 10.5 Å². The topological polar surface area (TPSA) is 75.7 Å². The van der Waals surface area contributed by atoms with Crippen molar-refractivity contribution in [3.8, 4) is 5.75 Å². The van der Waals surface area contributed by atoms with Crippen LogP contribution in [-0.2, 0) is 16.2 Å². The number of nitrogens with one attached hydrogen (secondary N) is 1. The summed E-state index contributed by atoms with van der Waals surface area (Å²) >= 11 is 3.09. The molecule has 0 bridgehead atoms. The van der Waals surface area contributed by atoms with E-state index in [2.05, 4.69) is 27.9 Å². The summed E-state index contributed by atoms with van der Waals surface area (Å²) in [4.78, 5) is 38.7. The summed E-state index contributed by atoms with van der Waals surface area (Å²) in [6.45, 7) is 2.04. The van der Waals surface area contributed by atoms with Crippen LogP contribution in [0.5, 0.6) is 5.75 Å². The lowest BCUT2D eigenvalue weighted by Gasteiger charge is -2.12. The number of hydrogen-bond acceptors (Lipinski definition) is 5. The Balaban J connectivity index is 1.35. The van der Waals surface area contributed by atoms with Crippen molar-refractivity contribution in [3.63, 3.8) is 0 Å². The molecular weight excluding hydrogens is 563 g/mol. The molecule has 3 amide bonds. The first-order valence-corrected chi connectivity index (χ1v) is 12.4. The number of amides is 3. The first kappa shape index (κ1) is 24.0. The predicted octanol–water partition coefficient (Wildman–Crippen LogP) is 5.85. The molecule has 6 nitrogen and oxygen atoms in total. The van der Waals surface area contributed by atoms with E-state index in [1.807, 2.05) is 73.7 Å². The fourth-order valence-corrected chi connectivity index (χ4v) is 4.46. The largest absolute Gasteiger partial charge is 0.489 e. The van der Waals surface area contributed by atoms with E-state index in [4.69, 9.17) is 4.74 Å². The van der Waals surface area contributed by atoms with E-state index >= 15 is 0 Å². The molecule has 1 aliphatic rings. The SMILES string of the molecule is Cc1cccc(NC(=O)CN2C(=O)S/C(=C\c3ccc(OCc4ccc(I)cc4)cc3)C2=O)c1. The van der Waals surface area contributed by atoms with Crippen LogP contribution in [0.25, 0.3) is 6.08 Å². The molecular formula is C26H21IN2O4S. The van der Waals surface area contributed by atoms with Crippen molar-refractivity contribution >= 4 is 63.2 Å². The number of anilines is 1. The number of nitrogens with zero attached hydrogens (tertiary/aromatic N) is 1. The molecule has 34 heavy (non-hydrogen) atoms. The monoisotopic (exact) mass is 584 g/mol. The van der Waals surface area contributed by atoms with Gasteiger partial charge >= 0.3 is 0 Å². The average molecular weight is 584 g/mol. The van der Waals surface area contributed by atoms with E-state index in [9.17, 15) is 14.4 Å². The molecule has 1 saturated heterocycles. The zero-order valence-corrected chi connectivity index (χ0v) is 21.3. The predicted molar refractivity (Wildman–Crippen MR) is 142 cm³/mol. The van der Waals surface area contributed by atoms with Gasteiger partial charge < -0.3 is 10.1 Å². The Morgan fingerprint density at radius 2 is 1.79 bits per heavy atom. The molecule has 0 radical (unpaired) electrons. The van der Waals surface area contributed by atoms with Gasteiger partial charge in [0.25, 0.3) is 11.1 Å². The van der Waals surface area contributed by atoms with E-state index in [0.29, 0.717) is 18.0 Å². The molecule has 0 unspecified atom stereocenters. The van der Waals surface area contributed by atoms with Gasteiger partial charge in [-0.3, -0.25) is 19.3 Å². The van der Waals surface area contributed by atoms with Crippen molar-refractivity contribution in [2.75, 3.05) is 11.9 Å². The van der Waals surface area contributed by atoms with Gasteiger partial charge in [0, 0.05) is 9.26 Å². The van der Waals surface area contributed by atoms with Crippen LogP contribution >= 0.6 is 34.4 Å². The van der Waals surface area contributed by atoms with E-state index in [1.54, 1.807) is 12.1 Å². The van der Waals surface area contributed by atoms with Crippen LogP contribution in [0, 0.1) is 10.5 Å². The molecule has 4 rings (SSSR count). The number of thioether (sulfide) groups is 1. The highest BCUT2D eigenvalue weighted by molar-refractivity contribution is 14.1. The zero-order chi connectivity index (χ0) is 24.1. The lowest BCUT2D eigenvalue weighted by Crippen LogP contribution is -2.36. The minimum Gasteiger partial charge on any atom is -0.489 e. The Morgan fingerprint density at radius 1 is 1.06 bits per heavy atom. The maximum Gasteiger partial charge on any atom is 0.294 e. The van der Waals surface area contributed by atoms with Crippen LogP contribution in [0.3, 0.4) is 0 Å². The molecule has 0 spiro atoms. The van der Waals surface area contributed by atoms with Crippen molar-refractivity contribution in [3.05, 3.63) is 98.0 Å². The van der Waals surface area contributed by atoms with Crippen molar-refractivity contribution in [1.29, 1.82) is 0 Å². The number of halogens is 1. The van der Waals surface area contributed by atoms with Crippen molar-refractivity contribution < 1.29 is 19.1 Å². The van der Waals surface area contributed by atoms with Gasteiger partial charge in [-0.1, -0.05) is 36.4 Å². The molecule has 0 aliphatic carbocycles. The van der Waals surface area contributed by atoms with Gasteiger partial charge in [-0.2, -0.15) is 0 Å². The van der Waals surface area contributed by atoms with E-state index in [-0.39, 0.29) is 11.4 Å². The molecule has 172 valence electrons. The number of imide groups is 1. The lowest BCUT2D eigenvalue weighted by molar-refractivity contribution is -0.127. The third kappa shape index (κ3) is 6.27. The molecule has 8 heteroatoms. The number of hydrogen-bond donors (Lipinski definition) is 1. The second-order valence-corrected chi connectivity index (χ2v) is 9.91. The molecule has 3 aromatic rings. The van der Waals surface area contributed by atoms with E-state index in [0.717, 1.165) is 33.4 Å². The number of carbonyl (C=O) groups is 3. The van der Waals surface area contributed by atoms with Crippen molar-refractivity contribution in [1.82, 2.24) is 4.90 Å². The summed E-state index contributed by atoms with van der Waals surface area (Å²) in [6, 6.07) is 22.7. The Bertz CT molecular complexity index is 1260. The Kier molecular flexibility index (Phi) is 7.69. The second-order valence-electron chi connectivity index (χ2n) is 7.67. The number of carbonyl (C=O) groups excluding carboxylic acids is 3. The minimum absolute atomic E-state index is 0.279. The summed E-state index contributed by atoms with van der Waals surface area (Å²) in [7, 11) is 0. The van der Waals surface area contributed by atoms with Crippen LogP contribution in [-0.4, -0.2) is 28.5 Å². The average Bonchev–Trinajstić information content (AvgIpc) is 3.07.